The topological polar surface area (TPSA) is 41.9 Å². The van der Waals surface area contributed by atoms with Gasteiger partial charge in [-0.2, -0.15) is 5.10 Å². The van der Waals surface area contributed by atoms with E-state index < -0.39 is 0 Å². The van der Waals surface area contributed by atoms with Gasteiger partial charge in [0.2, 0.25) is 0 Å². The second-order valence-corrected chi connectivity index (χ2v) is 6.25. The molecular formula is C15H19BrN4. The van der Waals surface area contributed by atoms with Gasteiger partial charge in [-0.15, -0.1) is 0 Å². The standard InChI is InChI=1S/C15H19BrN4/c1-11(13-3-2-4-14(16)7-13)17-8-12-9-18-15-5-6-19-20(15)10-12/h2-7,11-12,17-18H,8-10H2,1H3/t11-,12-/m1/s1. The molecule has 0 unspecified atom stereocenters. The van der Waals surface area contributed by atoms with Crippen LogP contribution in [0.4, 0.5) is 5.82 Å². The van der Waals surface area contributed by atoms with Crippen molar-refractivity contribution in [2.75, 3.05) is 18.4 Å². The summed E-state index contributed by atoms with van der Waals surface area (Å²) in [6.07, 6.45) is 1.85. The quantitative estimate of drug-likeness (QED) is 0.902. The summed E-state index contributed by atoms with van der Waals surface area (Å²) in [4.78, 5) is 0. The van der Waals surface area contributed by atoms with Crippen molar-refractivity contribution in [3.05, 3.63) is 46.6 Å². The molecule has 0 spiro atoms. The minimum Gasteiger partial charge on any atom is -0.370 e. The molecule has 0 amide bonds. The second-order valence-electron chi connectivity index (χ2n) is 5.33. The van der Waals surface area contributed by atoms with E-state index >= 15 is 0 Å². The minimum absolute atomic E-state index is 0.353. The molecule has 106 valence electrons. The molecule has 5 heteroatoms. The zero-order chi connectivity index (χ0) is 13.9. The smallest absolute Gasteiger partial charge is 0.124 e. The second kappa shape index (κ2) is 5.97. The molecule has 0 saturated heterocycles. The minimum atomic E-state index is 0.353. The molecule has 1 aromatic carbocycles. The summed E-state index contributed by atoms with van der Waals surface area (Å²) in [7, 11) is 0. The van der Waals surface area contributed by atoms with Crippen molar-refractivity contribution >= 4 is 21.7 Å². The van der Waals surface area contributed by atoms with E-state index in [1.54, 1.807) is 0 Å². The first kappa shape index (κ1) is 13.6. The van der Waals surface area contributed by atoms with E-state index in [1.807, 2.05) is 16.9 Å². The van der Waals surface area contributed by atoms with Crippen LogP contribution in [-0.4, -0.2) is 22.9 Å². The Kier molecular flexibility index (Phi) is 4.08. The Morgan fingerprint density at radius 1 is 1.50 bits per heavy atom. The molecule has 1 aliphatic rings. The lowest BCUT2D eigenvalue weighted by Crippen LogP contribution is -2.36. The van der Waals surface area contributed by atoms with E-state index in [2.05, 4.69) is 62.9 Å². The zero-order valence-electron chi connectivity index (χ0n) is 11.5. The Labute approximate surface area is 127 Å². The van der Waals surface area contributed by atoms with E-state index in [0.717, 1.165) is 29.9 Å². The third kappa shape index (κ3) is 3.04. The van der Waals surface area contributed by atoms with Crippen LogP contribution < -0.4 is 10.6 Å². The van der Waals surface area contributed by atoms with Crippen molar-refractivity contribution in [2.45, 2.75) is 19.5 Å². The number of aromatic nitrogens is 2. The number of hydrogen-bond acceptors (Lipinski definition) is 3. The molecule has 3 rings (SSSR count). The fourth-order valence-electron chi connectivity index (χ4n) is 2.56. The molecule has 0 radical (unpaired) electrons. The average Bonchev–Trinajstić information content (AvgIpc) is 2.92. The van der Waals surface area contributed by atoms with E-state index in [-0.39, 0.29) is 0 Å². The van der Waals surface area contributed by atoms with Crippen LogP contribution in [0.2, 0.25) is 0 Å². The molecule has 4 nitrogen and oxygen atoms in total. The van der Waals surface area contributed by atoms with Crippen LogP contribution in [0.25, 0.3) is 0 Å². The number of benzene rings is 1. The predicted octanol–water partition coefficient (Wildman–Crippen LogP) is 3.04. The summed E-state index contributed by atoms with van der Waals surface area (Å²) < 4.78 is 3.17. The van der Waals surface area contributed by atoms with Gasteiger partial charge in [0.05, 0.1) is 6.20 Å². The predicted molar refractivity (Wildman–Crippen MR) is 84.8 cm³/mol. The van der Waals surface area contributed by atoms with Gasteiger partial charge in [0.15, 0.2) is 0 Å². The van der Waals surface area contributed by atoms with Crippen molar-refractivity contribution in [3.63, 3.8) is 0 Å². The normalized spacial score (nSPS) is 19.2. The Bertz CT molecular complexity index is 581. The summed E-state index contributed by atoms with van der Waals surface area (Å²) in [5.74, 6) is 1.69. The largest absolute Gasteiger partial charge is 0.370 e. The molecular weight excluding hydrogens is 316 g/mol. The maximum absolute atomic E-state index is 4.32. The first-order valence-electron chi connectivity index (χ1n) is 6.97. The van der Waals surface area contributed by atoms with Gasteiger partial charge >= 0.3 is 0 Å². The number of nitrogens with one attached hydrogen (secondary N) is 2. The summed E-state index contributed by atoms with van der Waals surface area (Å²) in [6, 6.07) is 10.8. The molecule has 2 atom stereocenters. The van der Waals surface area contributed by atoms with Gasteiger partial charge in [0.25, 0.3) is 0 Å². The Balaban J connectivity index is 1.55. The van der Waals surface area contributed by atoms with Crippen molar-refractivity contribution in [3.8, 4) is 0 Å². The van der Waals surface area contributed by atoms with Gasteiger partial charge in [0.1, 0.15) is 5.82 Å². The number of anilines is 1. The monoisotopic (exact) mass is 334 g/mol. The lowest BCUT2D eigenvalue weighted by atomic mass is 10.1. The molecule has 1 aliphatic heterocycles. The summed E-state index contributed by atoms with van der Waals surface area (Å²) in [5.41, 5.74) is 1.31. The highest BCUT2D eigenvalue weighted by Gasteiger charge is 2.18. The van der Waals surface area contributed by atoms with Crippen LogP contribution in [0.5, 0.6) is 0 Å². The number of fused-ring (bicyclic) bond motifs is 1. The summed E-state index contributed by atoms with van der Waals surface area (Å²) in [5, 5.41) is 11.4. The van der Waals surface area contributed by atoms with E-state index in [4.69, 9.17) is 0 Å². The third-order valence-corrected chi connectivity index (χ3v) is 4.27. The molecule has 0 fully saturated rings. The van der Waals surface area contributed by atoms with Crippen LogP contribution in [0.15, 0.2) is 41.0 Å². The molecule has 2 heterocycles. The van der Waals surface area contributed by atoms with Crippen LogP contribution in [0, 0.1) is 5.92 Å². The van der Waals surface area contributed by atoms with Gasteiger partial charge in [-0.1, -0.05) is 28.1 Å². The molecule has 0 bridgehead atoms. The Morgan fingerprint density at radius 2 is 2.40 bits per heavy atom. The number of halogens is 1. The number of hydrogen-bond donors (Lipinski definition) is 2. The van der Waals surface area contributed by atoms with E-state index in [0.29, 0.717) is 12.0 Å². The van der Waals surface area contributed by atoms with Crippen LogP contribution in [0.1, 0.15) is 18.5 Å². The fraction of sp³-hybridized carbons (Fsp3) is 0.400. The highest BCUT2D eigenvalue weighted by Crippen LogP contribution is 2.19. The van der Waals surface area contributed by atoms with Crippen molar-refractivity contribution < 1.29 is 0 Å². The SMILES string of the molecule is C[C@@H](NC[C@@H]1CNc2ccnn2C1)c1cccc(Br)c1. The van der Waals surface area contributed by atoms with Crippen molar-refractivity contribution in [1.29, 1.82) is 0 Å². The molecule has 2 aromatic rings. The Hall–Kier alpha value is -1.33. The highest BCUT2D eigenvalue weighted by atomic mass is 79.9. The number of rotatable bonds is 4. The van der Waals surface area contributed by atoms with Crippen molar-refractivity contribution in [1.82, 2.24) is 15.1 Å². The first-order chi connectivity index (χ1) is 9.72. The molecule has 0 saturated carbocycles. The van der Waals surface area contributed by atoms with Gasteiger partial charge in [-0.05, 0) is 24.6 Å². The lowest BCUT2D eigenvalue weighted by molar-refractivity contribution is 0.376. The maximum Gasteiger partial charge on any atom is 0.124 e. The maximum atomic E-state index is 4.32. The van der Waals surface area contributed by atoms with Crippen molar-refractivity contribution in [2.24, 2.45) is 5.92 Å². The average molecular weight is 335 g/mol. The molecule has 2 N–H and O–H groups in total. The molecule has 1 aromatic heterocycles. The van der Waals surface area contributed by atoms with Crippen LogP contribution in [0.3, 0.4) is 0 Å². The molecule has 0 aliphatic carbocycles. The van der Waals surface area contributed by atoms with Gasteiger partial charge in [-0.3, -0.25) is 0 Å². The first-order valence-corrected chi connectivity index (χ1v) is 7.76. The summed E-state index contributed by atoms with van der Waals surface area (Å²) in [6.45, 7) is 5.18. The lowest BCUT2D eigenvalue weighted by Gasteiger charge is -2.26. The fourth-order valence-corrected chi connectivity index (χ4v) is 2.98. The van der Waals surface area contributed by atoms with E-state index in [9.17, 15) is 0 Å². The summed E-state index contributed by atoms with van der Waals surface area (Å²) >= 11 is 3.52. The zero-order valence-corrected chi connectivity index (χ0v) is 13.1. The highest BCUT2D eigenvalue weighted by molar-refractivity contribution is 9.10. The third-order valence-electron chi connectivity index (χ3n) is 3.78. The van der Waals surface area contributed by atoms with Crippen LogP contribution in [-0.2, 0) is 6.54 Å². The van der Waals surface area contributed by atoms with Crippen LogP contribution >= 0.6 is 15.9 Å². The van der Waals surface area contributed by atoms with Gasteiger partial charge < -0.3 is 10.6 Å². The van der Waals surface area contributed by atoms with Gasteiger partial charge in [-0.25, -0.2) is 4.68 Å². The number of nitrogens with zero attached hydrogens (tertiary/aromatic N) is 2. The Morgan fingerprint density at radius 3 is 3.25 bits per heavy atom. The molecule has 20 heavy (non-hydrogen) atoms. The van der Waals surface area contributed by atoms with Gasteiger partial charge in [0, 0.05) is 42.1 Å². The van der Waals surface area contributed by atoms with E-state index in [1.165, 1.54) is 5.56 Å².